The lowest BCUT2D eigenvalue weighted by molar-refractivity contribution is 0.0702. The number of carboxylic acids is 1. The van der Waals surface area contributed by atoms with Gasteiger partial charge in [-0.2, -0.15) is 0 Å². The zero-order valence-corrected chi connectivity index (χ0v) is 14.3. The average Bonchev–Trinajstić information content (AvgIpc) is 3.13. The monoisotopic (exact) mass is 381 g/mol. The van der Waals surface area contributed by atoms with Gasteiger partial charge in [-0.15, -0.1) is 11.3 Å². The van der Waals surface area contributed by atoms with Crippen LogP contribution in [0, 0.1) is 0 Å². The van der Waals surface area contributed by atoms with Crippen LogP contribution in [0.2, 0.25) is 10.0 Å². The molecular formula is C15H9Cl2N3O3S. The minimum absolute atomic E-state index is 0.0509. The first kappa shape index (κ1) is 15.4. The smallest absolute Gasteiger partial charge is 0.345 e. The molecule has 0 fully saturated rings. The Kier molecular flexibility index (Phi) is 3.52. The summed E-state index contributed by atoms with van der Waals surface area (Å²) >= 11 is 13.6. The molecule has 3 aromatic rings. The van der Waals surface area contributed by atoms with E-state index in [0.717, 1.165) is 16.9 Å². The van der Waals surface area contributed by atoms with E-state index in [1.165, 1.54) is 6.07 Å². The summed E-state index contributed by atoms with van der Waals surface area (Å²) in [7, 11) is 0. The number of hydrogen-bond acceptors (Lipinski definition) is 6. The number of halogens is 2. The lowest BCUT2D eigenvalue weighted by atomic mass is 10.00. The van der Waals surface area contributed by atoms with Crippen LogP contribution < -0.4 is 10.5 Å². The van der Waals surface area contributed by atoms with Gasteiger partial charge in [-0.25, -0.2) is 14.8 Å². The van der Waals surface area contributed by atoms with Gasteiger partial charge in [0.25, 0.3) is 0 Å². The van der Waals surface area contributed by atoms with Crippen molar-refractivity contribution in [1.82, 2.24) is 9.97 Å². The second-order valence-electron chi connectivity index (χ2n) is 5.19. The summed E-state index contributed by atoms with van der Waals surface area (Å²) in [6.45, 7) is 0.496. The molecule has 9 heteroatoms. The molecule has 6 nitrogen and oxygen atoms in total. The number of nitrogens with two attached hydrogens (primary N) is 1. The fourth-order valence-corrected chi connectivity index (χ4v) is 4.31. The third-order valence-corrected chi connectivity index (χ3v) is 5.34. The predicted octanol–water partition coefficient (Wildman–Crippen LogP) is 3.88. The highest BCUT2D eigenvalue weighted by atomic mass is 35.5. The van der Waals surface area contributed by atoms with E-state index in [2.05, 4.69) is 9.97 Å². The maximum Gasteiger partial charge on any atom is 0.345 e. The van der Waals surface area contributed by atoms with Gasteiger partial charge in [0.15, 0.2) is 0 Å². The number of benzene rings is 1. The highest BCUT2D eigenvalue weighted by Gasteiger charge is 2.26. The van der Waals surface area contributed by atoms with Gasteiger partial charge in [0.2, 0.25) is 5.95 Å². The number of nitrogens with zero attached hydrogens (tertiary/aromatic N) is 2. The Morgan fingerprint density at radius 1 is 1.29 bits per heavy atom. The molecule has 24 heavy (non-hydrogen) atoms. The maximum absolute atomic E-state index is 11.3. The molecule has 2 aromatic heterocycles. The Hall–Kier alpha value is -2.09. The number of carbonyl (C=O) groups is 1. The van der Waals surface area contributed by atoms with Crippen molar-refractivity contribution in [2.24, 2.45) is 0 Å². The Labute approximate surface area is 149 Å². The molecular weight excluding hydrogens is 373 g/mol. The number of carboxylic acid groups (broad SMARTS) is 1. The largest absolute Gasteiger partial charge is 0.491 e. The Morgan fingerprint density at radius 3 is 2.83 bits per heavy atom. The summed E-state index contributed by atoms with van der Waals surface area (Å²) in [6, 6.07) is 3.13. The van der Waals surface area contributed by atoms with Gasteiger partial charge in [0, 0.05) is 22.9 Å². The van der Waals surface area contributed by atoms with E-state index in [4.69, 9.17) is 33.7 Å². The Balaban J connectivity index is 2.08. The zero-order valence-electron chi connectivity index (χ0n) is 12.0. The van der Waals surface area contributed by atoms with Crippen molar-refractivity contribution in [1.29, 1.82) is 0 Å². The molecule has 4 rings (SSSR count). The molecule has 0 bridgehead atoms. The lowest BCUT2D eigenvalue weighted by Gasteiger charge is -2.12. The summed E-state index contributed by atoms with van der Waals surface area (Å²) in [5.41, 5.74) is 7.80. The second kappa shape index (κ2) is 5.47. The van der Waals surface area contributed by atoms with Crippen LogP contribution in [-0.2, 0) is 6.42 Å². The highest BCUT2D eigenvalue weighted by molar-refractivity contribution is 7.20. The van der Waals surface area contributed by atoms with Crippen LogP contribution >= 0.6 is 34.5 Å². The molecule has 1 aliphatic heterocycles. The molecule has 0 aliphatic carbocycles. The number of anilines is 1. The van der Waals surface area contributed by atoms with Crippen molar-refractivity contribution in [3.63, 3.8) is 0 Å². The van der Waals surface area contributed by atoms with Gasteiger partial charge in [-0.3, -0.25) is 0 Å². The van der Waals surface area contributed by atoms with Crippen molar-refractivity contribution in [3.05, 3.63) is 32.6 Å². The van der Waals surface area contributed by atoms with E-state index < -0.39 is 5.97 Å². The normalized spacial score (nSPS) is 13.1. The summed E-state index contributed by atoms with van der Waals surface area (Å²) in [5.74, 6) is -0.400. The first-order chi connectivity index (χ1) is 11.5. The van der Waals surface area contributed by atoms with Crippen LogP contribution in [0.1, 0.15) is 15.2 Å². The molecule has 122 valence electrons. The van der Waals surface area contributed by atoms with E-state index >= 15 is 0 Å². The van der Waals surface area contributed by atoms with Gasteiger partial charge in [0.1, 0.15) is 15.5 Å². The van der Waals surface area contributed by atoms with Crippen molar-refractivity contribution in [3.8, 4) is 17.0 Å². The molecule has 1 aliphatic rings. The number of aromatic nitrogens is 2. The molecule has 0 spiro atoms. The van der Waals surface area contributed by atoms with E-state index in [1.54, 1.807) is 6.07 Å². The van der Waals surface area contributed by atoms with Crippen LogP contribution in [0.3, 0.4) is 0 Å². The fourth-order valence-electron chi connectivity index (χ4n) is 2.79. The Bertz CT molecular complexity index is 1020. The first-order valence-corrected chi connectivity index (χ1v) is 8.47. The molecule has 0 unspecified atom stereocenters. The van der Waals surface area contributed by atoms with E-state index in [9.17, 15) is 9.90 Å². The van der Waals surface area contributed by atoms with Crippen LogP contribution in [0.5, 0.6) is 5.75 Å². The van der Waals surface area contributed by atoms with Crippen molar-refractivity contribution < 1.29 is 14.6 Å². The molecule has 3 N–H and O–H groups in total. The second-order valence-corrected chi connectivity index (χ2v) is 7.03. The highest BCUT2D eigenvalue weighted by Crippen LogP contribution is 2.46. The van der Waals surface area contributed by atoms with Gasteiger partial charge in [-0.1, -0.05) is 23.2 Å². The maximum atomic E-state index is 11.3. The first-order valence-electron chi connectivity index (χ1n) is 6.90. The molecule has 1 aromatic carbocycles. The third-order valence-electron chi connectivity index (χ3n) is 3.74. The SMILES string of the molecule is Nc1nc(-c2c(Cl)cc(Cl)c3c2CCO3)c2cc(C(=O)O)sc2n1. The number of ether oxygens (including phenoxy) is 1. The van der Waals surface area contributed by atoms with Crippen LogP contribution in [0.4, 0.5) is 5.95 Å². The van der Waals surface area contributed by atoms with E-state index in [1.807, 2.05) is 0 Å². The van der Waals surface area contributed by atoms with Gasteiger partial charge in [-0.05, 0) is 12.1 Å². The number of rotatable bonds is 2. The lowest BCUT2D eigenvalue weighted by Crippen LogP contribution is -1.99. The minimum Gasteiger partial charge on any atom is -0.491 e. The minimum atomic E-state index is -1.03. The number of hydrogen-bond donors (Lipinski definition) is 2. The van der Waals surface area contributed by atoms with E-state index in [-0.39, 0.29) is 10.8 Å². The summed E-state index contributed by atoms with van der Waals surface area (Å²) in [4.78, 5) is 20.4. The number of aromatic carboxylic acids is 1. The molecule has 0 saturated heterocycles. The Morgan fingerprint density at radius 2 is 2.08 bits per heavy atom. The van der Waals surface area contributed by atoms with Gasteiger partial charge >= 0.3 is 5.97 Å². The molecule has 0 amide bonds. The predicted molar refractivity (Wildman–Crippen MR) is 93.4 cm³/mol. The molecule has 3 heterocycles. The molecule has 0 atom stereocenters. The summed E-state index contributed by atoms with van der Waals surface area (Å²) < 4.78 is 5.58. The summed E-state index contributed by atoms with van der Waals surface area (Å²) in [5, 5.41) is 10.7. The molecule has 0 radical (unpaired) electrons. The van der Waals surface area contributed by atoms with Crippen LogP contribution in [0.25, 0.3) is 21.5 Å². The average molecular weight is 382 g/mol. The quantitative estimate of drug-likeness (QED) is 0.698. The third kappa shape index (κ3) is 2.28. The number of nitrogen functional groups attached to an aromatic ring is 1. The number of fused-ring (bicyclic) bond motifs is 2. The van der Waals surface area contributed by atoms with Crippen LogP contribution in [-0.4, -0.2) is 27.7 Å². The van der Waals surface area contributed by atoms with Crippen molar-refractivity contribution in [2.45, 2.75) is 6.42 Å². The number of thiophene rings is 1. The summed E-state index contributed by atoms with van der Waals surface area (Å²) in [6.07, 6.45) is 0.631. The van der Waals surface area contributed by atoms with Gasteiger partial charge < -0.3 is 15.6 Å². The topological polar surface area (TPSA) is 98.3 Å². The molecule has 0 saturated carbocycles. The fraction of sp³-hybridized carbons (Fsp3) is 0.133. The van der Waals surface area contributed by atoms with Crippen molar-refractivity contribution in [2.75, 3.05) is 12.3 Å². The van der Waals surface area contributed by atoms with Gasteiger partial charge in [0.05, 0.1) is 22.3 Å². The van der Waals surface area contributed by atoms with E-state index in [0.29, 0.717) is 50.3 Å². The van der Waals surface area contributed by atoms with Crippen LogP contribution in [0.15, 0.2) is 12.1 Å². The standard InChI is InChI=1S/C15H9Cl2N3O3S/c16-7-4-8(17)12-5(1-2-23-12)10(7)11-6-3-9(14(21)22)24-13(6)20-15(18)19-11/h3-4H,1-2H2,(H,21,22)(H2,18,19,20). The van der Waals surface area contributed by atoms with Crippen molar-refractivity contribution >= 4 is 56.7 Å². The zero-order chi connectivity index (χ0) is 17.0.